The Hall–Kier alpha value is -2.47. The Morgan fingerprint density at radius 2 is 2.04 bits per heavy atom. The van der Waals surface area contributed by atoms with Crippen molar-refractivity contribution in [1.82, 2.24) is 4.98 Å². The lowest BCUT2D eigenvalue weighted by atomic mass is 10.0. The summed E-state index contributed by atoms with van der Waals surface area (Å²) >= 11 is 0. The third-order valence-corrected chi connectivity index (χ3v) is 3.56. The van der Waals surface area contributed by atoms with Gasteiger partial charge in [-0.3, -0.25) is 9.78 Å². The molecule has 4 N–H and O–H groups in total. The summed E-state index contributed by atoms with van der Waals surface area (Å²) in [6.45, 7) is 4.48. The summed E-state index contributed by atoms with van der Waals surface area (Å²) in [6, 6.07) is 5.93. The number of nitrogens with zero attached hydrogens (tertiary/aromatic N) is 1. The van der Waals surface area contributed by atoms with Crippen molar-refractivity contribution in [1.29, 1.82) is 0 Å². The predicted octanol–water partition coefficient (Wildman–Crippen LogP) is 2.74. The summed E-state index contributed by atoms with van der Waals surface area (Å²) in [6.07, 6.45) is 3.64. The molecule has 2 rings (SSSR count). The molecule has 0 fully saturated rings. The Balaban J connectivity index is 2.17. The van der Waals surface area contributed by atoms with Crippen molar-refractivity contribution in [3.05, 3.63) is 48.0 Å². The number of hydrogen-bond donors (Lipinski definition) is 2. The van der Waals surface area contributed by atoms with Crippen LogP contribution in [0.5, 0.6) is 5.75 Å². The molecule has 1 aromatic carbocycles. The summed E-state index contributed by atoms with van der Waals surface area (Å²) in [5.41, 5.74) is 12.1. The molecule has 0 unspecified atom stereocenters. The van der Waals surface area contributed by atoms with E-state index in [0.717, 1.165) is 6.42 Å². The zero-order valence-corrected chi connectivity index (χ0v) is 13.8. The number of amides is 1. The number of nitrogens with two attached hydrogens (primary N) is 2. The molecule has 0 saturated heterocycles. The molecule has 2 aromatic rings. The first-order chi connectivity index (χ1) is 11.4. The highest BCUT2D eigenvalue weighted by Crippen LogP contribution is 2.28. The summed E-state index contributed by atoms with van der Waals surface area (Å²) in [5.74, 6) is -0.289. The zero-order valence-electron chi connectivity index (χ0n) is 13.8. The number of pyridine rings is 1. The van der Waals surface area contributed by atoms with Crippen LogP contribution in [-0.2, 0) is 0 Å². The molecule has 0 bridgehead atoms. The Morgan fingerprint density at radius 1 is 1.29 bits per heavy atom. The summed E-state index contributed by atoms with van der Waals surface area (Å²) in [4.78, 5) is 15.3. The molecule has 0 aliphatic carbocycles. The van der Waals surface area contributed by atoms with Crippen molar-refractivity contribution in [3.8, 4) is 16.9 Å². The van der Waals surface area contributed by atoms with E-state index in [2.05, 4.69) is 18.8 Å². The lowest BCUT2D eigenvalue weighted by molar-refractivity contribution is 0.100. The fourth-order valence-electron chi connectivity index (χ4n) is 2.51. The maximum atomic E-state index is 14.4. The minimum Gasteiger partial charge on any atom is -0.492 e. The lowest BCUT2D eigenvalue weighted by Crippen LogP contribution is -2.29. The first-order valence-corrected chi connectivity index (χ1v) is 7.80. The normalized spacial score (nSPS) is 12.2. The third kappa shape index (κ3) is 4.52. The topological polar surface area (TPSA) is 91.2 Å². The molecular weight excluding hydrogens is 309 g/mol. The third-order valence-electron chi connectivity index (χ3n) is 3.56. The number of aromatic nitrogens is 1. The van der Waals surface area contributed by atoms with Crippen LogP contribution >= 0.6 is 0 Å². The number of halogens is 1. The molecule has 1 atom stereocenters. The van der Waals surface area contributed by atoms with Gasteiger partial charge in [0.15, 0.2) is 0 Å². The second-order valence-electron chi connectivity index (χ2n) is 6.13. The molecule has 0 aliphatic heterocycles. The van der Waals surface area contributed by atoms with Crippen molar-refractivity contribution < 1.29 is 13.9 Å². The van der Waals surface area contributed by atoms with Crippen molar-refractivity contribution in [2.45, 2.75) is 26.3 Å². The van der Waals surface area contributed by atoms with Crippen LogP contribution < -0.4 is 16.2 Å². The van der Waals surface area contributed by atoms with Crippen LogP contribution in [0.3, 0.4) is 0 Å². The van der Waals surface area contributed by atoms with Crippen LogP contribution in [0.2, 0.25) is 0 Å². The predicted molar refractivity (Wildman–Crippen MR) is 91.1 cm³/mol. The molecule has 0 radical (unpaired) electrons. The molecule has 0 aliphatic rings. The van der Waals surface area contributed by atoms with E-state index in [0.29, 0.717) is 23.8 Å². The fraction of sp³-hybridized carbons (Fsp3) is 0.333. The number of ether oxygens (including phenoxy) is 1. The van der Waals surface area contributed by atoms with Crippen LogP contribution in [0.25, 0.3) is 11.1 Å². The maximum Gasteiger partial charge on any atom is 0.250 e. The first kappa shape index (κ1) is 17.9. The first-order valence-electron chi connectivity index (χ1n) is 7.80. The highest BCUT2D eigenvalue weighted by atomic mass is 19.1. The Bertz CT molecular complexity index is 719. The van der Waals surface area contributed by atoms with E-state index in [-0.39, 0.29) is 17.2 Å². The van der Waals surface area contributed by atoms with E-state index in [1.807, 2.05) is 0 Å². The van der Waals surface area contributed by atoms with Gasteiger partial charge in [0, 0.05) is 35.6 Å². The number of hydrogen-bond acceptors (Lipinski definition) is 4. The van der Waals surface area contributed by atoms with Crippen molar-refractivity contribution in [2.24, 2.45) is 17.4 Å². The van der Waals surface area contributed by atoms with Crippen LogP contribution in [0.1, 0.15) is 30.6 Å². The van der Waals surface area contributed by atoms with Gasteiger partial charge in [0.1, 0.15) is 18.2 Å². The van der Waals surface area contributed by atoms with Crippen molar-refractivity contribution >= 4 is 5.91 Å². The number of benzene rings is 1. The smallest absolute Gasteiger partial charge is 0.250 e. The largest absolute Gasteiger partial charge is 0.492 e. The Morgan fingerprint density at radius 3 is 2.67 bits per heavy atom. The van der Waals surface area contributed by atoms with Gasteiger partial charge in [-0.15, -0.1) is 0 Å². The second kappa shape index (κ2) is 7.88. The number of rotatable bonds is 7. The van der Waals surface area contributed by atoms with Crippen LogP contribution in [0.15, 0.2) is 36.7 Å². The zero-order chi connectivity index (χ0) is 17.7. The molecule has 128 valence electrons. The van der Waals surface area contributed by atoms with Gasteiger partial charge in [0.05, 0.1) is 5.56 Å². The van der Waals surface area contributed by atoms with Gasteiger partial charge in [0.25, 0.3) is 5.91 Å². The van der Waals surface area contributed by atoms with Crippen LogP contribution in [-0.4, -0.2) is 23.5 Å². The van der Waals surface area contributed by atoms with E-state index in [4.69, 9.17) is 16.2 Å². The molecule has 0 saturated carbocycles. The van der Waals surface area contributed by atoms with E-state index in [1.165, 1.54) is 18.5 Å². The minimum atomic E-state index is -0.655. The van der Waals surface area contributed by atoms with Gasteiger partial charge in [-0.2, -0.15) is 0 Å². The van der Waals surface area contributed by atoms with Crippen LogP contribution in [0.4, 0.5) is 4.39 Å². The second-order valence-corrected chi connectivity index (χ2v) is 6.13. The average molecular weight is 331 g/mol. The Kier molecular flexibility index (Phi) is 5.87. The Labute approximate surface area is 140 Å². The highest BCUT2D eigenvalue weighted by molar-refractivity contribution is 5.99. The highest BCUT2D eigenvalue weighted by Gasteiger charge is 2.14. The lowest BCUT2D eigenvalue weighted by Gasteiger charge is -2.15. The number of carbonyl (C=O) groups excluding carboxylic acids is 1. The van der Waals surface area contributed by atoms with E-state index >= 15 is 0 Å². The van der Waals surface area contributed by atoms with E-state index < -0.39 is 11.7 Å². The van der Waals surface area contributed by atoms with Crippen molar-refractivity contribution in [2.75, 3.05) is 6.61 Å². The van der Waals surface area contributed by atoms with Gasteiger partial charge in [0.2, 0.25) is 0 Å². The molecular formula is C18H22FN3O2. The summed E-state index contributed by atoms with van der Waals surface area (Å²) < 4.78 is 20.0. The maximum absolute atomic E-state index is 14.4. The van der Waals surface area contributed by atoms with Gasteiger partial charge in [-0.25, -0.2) is 4.39 Å². The van der Waals surface area contributed by atoms with Gasteiger partial charge in [-0.1, -0.05) is 13.8 Å². The van der Waals surface area contributed by atoms with Gasteiger partial charge >= 0.3 is 0 Å². The van der Waals surface area contributed by atoms with Crippen LogP contribution in [0, 0.1) is 11.7 Å². The molecule has 1 heterocycles. The van der Waals surface area contributed by atoms with E-state index in [1.54, 1.807) is 18.2 Å². The summed E-state index contributed by atoms with van der Waals surface area (Å²) in [7, 11) is 0. The standard InChI is InChI=1S/C18H22FN3O2/c1-11(2)7-12(20)10-24-13-3-4-15(17(19)8-13)14-5-6-22-9-16(14)18(21)23/h3-6,8-9,11-12H,7,10,20H2,1-2H3,(H2,21,23)/t12-/m0/s1. The van der Waals surface area contributed by atoms with Gasteiger partial charge in [-0.05, 0) is 30.5 Å². The quantitative estimate of drug-likeness (QED) is 0.816. The molecule has 1 aromatic heterocycles. The monoisotopic (exact) mass is 331 g/mol. The van der Waals surface area contributed by atoms with Crippen molar-refractivity contribution in [3.63, 3.8) is 0 Å². The number of carbonyl (C=O) groups is 1. The molecule has 1 amide bonds. The average Bonchev–Trinajstić information content (AvgIpc) is 2.52. The SMILES string of the molecule is CC(C)C[C@H](N)COc1ccc(-c2ccncc2C(N)=O)c(F)c1. The fourth-order valence-corrected chi connectivity index (χ4v) is 2.51. The van der Waals surface area contributed by atoms with E-state index in [9.17, 15) is 9.18 Å². The molecule has 0 spiro atoms. The minimum absolute atomic E-state index is 0.102. The molecule has 5 nitrogen and oxygen atoms in total. The van der Waals surface area contributed by atoms with Gasteiger partial charge < -0.3 is 16.2 Å². The molecule has 6 heteroatoms. The number of primary amides is 1. The molecule has 24 heavy (non-hydrogen) atoms. The summed E-state index contributed by atoms with van der Waals surface area (Å²) in [5, 5.41) is 0.